The topological polar surface area (TPSA) is 81.5 Å². The van der Waals surface area contributed by atoms with Gasteiger partial charge in [0.2, 0.25) is 0 Å². The Hall–Kier alpha value is -2.89. The Bertz CT molecular complexity index is 681. The van der Waals surface area contributed by atoms with Gasteiger partial charge in [0.15, 0.2) is 0 Å². The number of anilines is 1. The number of hydrogen-bond donors (Lipinski definition) is 1. The number of nitrogens with zero attached hydrogens (tertiary/aromatic N) is 1. The summed E-state index contributed by atoms with van der Waals surface area (Å²) in [6.45, 7) is 1.63. The minimum absolute atomic E-state index is 0.0719. The van der Waals surface area contributed by atoms with Gasteiger partial charge in [0.05, 0.1) is 12.0 Å². The van der Waals surface area contributed by atoms with E-state index in [0.29, 0.717) is 17.0 Å². The van der Waals surface area contributed by atoms with Gasteiger partial charge in [0.25, 0.3) is 11.6 Å². The zero-order chi connectivity index (χ0) is 15.4. The Morgan fingerprint density at radius 3 is 2.43 bits per heavy atom. The molecule has 0 aliphatic carbocycles. The quantitative estimate of drug-likeness (QED) is 0.691. The summed E-state index contributed by atoms with van der Waals surface area (Å²) < 4.78 is 5.03. The lowest BCUT2D eigenvalue weighted by molar-refractivity contribution is -0.385. The van der Waals surface area contributed by atoms with Crippen molar-refractivity contribution in [3.8, 4) is 5.75 Å². The second kappa shape index (κ2) is 6.04. The van der Waals surface area contributed by atoms with Crippen molar-refractivity contribution in [2.75, 3.05) is 12.4 Å². The smallest absolute Gasteiger partial charge is 0.273 e. The highest BCUT2D eigenvalue weighted by Crippen LogP contribution is 2.21. The number of nitro benzene ring substituents is 1. The molecule has 6 nitrogen and oxygen atoms in total. The molecule has 108 valence electrons. The number of carbonyl (C=O) groups excluding carboxylic acids is 1. The standard InChI is InChI=1S/C15H14N2O4/c1-10-3-4-11(9-14(10)17(19)20)15(18)16-12-5-7-13(21-2)8-6-12/h3-9H,1-2H3,(H,16,18). The first kappa shape index (κ1) is 14.5. The number of methoxy groups -OCH3 is 1. The Balaban J connectivity index is 2.19. The minimum atomic E-state index is -0.501. The van der Waals surface area contributed by atoms with Crippen molar-refractivity contribution in [1.29, 1.82) is 0 Å². The molecular weight excluding hydrogens is 272 g/mol. The lowest BCUT2D eigenvalue weighted by atomic mass is 10.1. The molecular formula is C15H14N2O4. The van der Waals surface area contributed by atoms with Gasteiger partial charge >= 0.3 is 0 Å². The van der Waals surface area contributed by atoms with Crippen LogP contribution in [0.2, 0.25) is 0 Å². The summed E-state index contributed by atoms with van der Waals surface area (Å²) in [6.07, 6.45) is 0. The Morgan fingerprint density at radius 2 is 1.86 bits per heavy atom. The monoisotopic (exact) mass is 286 g/mol. The van der Waals surface area contributed by atoms with Crippen LogP contribution in [-0.2, 0) is 0 Å². The van der Waals surface area contributed by atoms with E-state index in [2.05, 4.69) is 5.32 Å². The fraction of sp³-hybridized carbons (Fsp3) is 0.133. The third-order valence-electron chi connectivity index (χ3n) is 3.02. The molecule has 2 aromatic rings. The van der Waals surface area contributed by atoms with E-state index in [4.69, 9.17) is 4.74 Å². The van der Waals surface area contributed by atoms with E-state index in [1.165, 1.54) is 6.07 Å². The number of benzene rings is 2. The van der Waals surface area contributed by atoms with E-state index in [-0.39, 0.29) is 11.3 Å². The Morgan fingerprint density at radius 1 is 1.19 bits per heavy atom. The zero-order valence-electron chi connectivity index (χ0n) is 11.6. The van der Waals surface area contributed by atoms with E-state index in [0.717, 1.165) is 0 Å². The van der Waals surface area contributed by atoms with Gasteiger partial charge in [0, 0.05) is 22.9 Å². The average Bonchev–Trinajstić information content (AvgIpc) is 2.48. The molecule has 1 amide bonds. The van der Waals surface area contributed by atoms with Crippen molar-refractivity contribution in [2.45, 2.75) is 6.92 Å². The fourth-order valence-corrected chi connectivity index (χ4v) is 1.82. The lowest BCUT2D eigenvalue weighted by Crippen LogP contribution is -2.12. The first-order valence-electron chi connectivity index (χ1n) is 6.21. The predicted octanol–water partition coefficient (Wildman–Crippen LogP) is 3.16. The van der Waals surface area contributed by atoms with Crippen LogP contribution in [0, 0.1) is 17.0 Å². The molecule has 0 saturated heterocycles. The summed E-state index contributed by atoms with van der Waals surface area (Å²) in [7, 11) is 1.55. The van der Waals surface area contributed by atoms with Gasteiger partial charge in [-0.15, -0.1) is 0 Å². The maximum absolute atomic E-state index is 12.1. The highest BCUT2D eigenvalue weighted by Gasteiger charge is 2.15. The number of aryl methyl sites for hydroxylation is 1. The van der Waals surface area contributed by atoms with E-state index in [1.807, 2.05) is 0 Å². The molecule has 0 atom stereocenters. The third kappa shape index (κ3) is 3.36. The first-order chi connectivity index (χ1) is 10.0. The van der Waals surface area contributed by atoms with Gasteiger partial charge in [-0.1, -0.05) is 6.07 Å². The normalized spacial score (nSPS) is 10.0. The van der Waals surface area contributed by atoms with Gasteiger partial charge < -0.3 is 10.1 Å². The molecule has 0 heterocycles. The molecule has 2 rings (SSSR count). The molecule has 0 aromatic heterocycles. The molecule has 0 saturated carbocycles. The van der Waals surface area contributed by atoms with Crippen molar-refractivity contribution in [3.63, 3.8) is 0 Å². The summed E-state index contributed by atoms with van der Waals surface area (Å²) >= 11 is 0. The maximum atomic E-state index is 12.1. The highest BCUT2D eigenvalue weighted by atomic mass is 16.6. The predicted molar refractivity (Wildman–Crippen MR) is 78.8 cm³/mol. The SMILES string of the molecule is COc1ccc(NC(=O)c2ccc(C)c([N+](=O)[O-])c2)cc1. The Kier molecular flexibility index (Phi) is 4.18. The van der Waals surface area contributed by atoms with Crippen LogP contribution in [0.4, 0.5) is 11.4 Å². The molecule has 21 heavy (non-hydrogen) atoms. The molecule has 0 bridgehead atoms. The van der Waals surface area contributed by atoms with E-state index >= 15 is 0 Å². The van der Waals surface area contributed by atoms with E-state index in [9.17, 15) is 14.9 Å². The summed E-state index contributed by atoms with van der Waals surface area (Å²) in [6, 6.07) is 11.2. The summed E-state index contributed by atoms with van der Waals surface area (Å²) in [5.74, 6) is 0.280. The van der Waals surface area contributed by atoms with E-state index in [1.54, 1.807) is 50.4 Å². The number of nitrogens with one attached hydrogen (secondary N) is 1. The zero-order valence-corrected chi connectivity index (χ0v) is 11.6. The van der Waals surface area contributed by atoms with Crippen molar-refractivity contribution in [2.24, 2.45) is 0 Å². The first-order valence-corrected chi connectivity index (χ1v) is 6.21. The second-order valence-electron chi connectivity index (χ2n) is 4.44. The van der Waals surface area contributed by atoms with Gasteiger partial charge in [-0.25, -0.2) is 0 Å². The summed E-state index contributed by atoms with van der Waals surface area (Å²) in [4.78, 5) is 22.5. The largest absolute Gasteiger partial charge is 0.497 e. The van der Waals surface area contributed by atoms with Crippen LogP contribution in [-0.4, -0.2) is 17.9 Å². The molecule has 0 fully saturated rings. The number of amides is 1. The molecule has 0 radical (unpaired) electrons. The second-order valence-corrected chi connectivity index (χ2v) is 4.44. The third-order valence-corrected chi connectivity index (χ3v) is 3.02. The highest BCUT2D eigenvalue weighted by molar-refractivity contribution is 6.04. The van der Waals surface area contributed by atoms with Crippen LogP contribution in [0.3, 0.4) is 0 Å². The molecule has 0 unspecified atom stereocenters. The summed E-state index contributed by atoms with van der Waals surface area (Å²) in [5.41, 5.74) is 1.27. The van der Waals surface area contributed by atoms with Crippen LogP contribution < -0.4 is 10.1 Å². The van der Waals surface area contributed by atoms with Crippen LogP contribution in [0.15, 0.2) is 42.5 Å². The number of rotatable bonds is 4. The van der Waals surface area contributed by atoms with E-state index < -0.39 is 10.8 Å². The number of hydrogen-bond acceptors (Lipinski definition) is 4. The lowest BCUT2D eigenvalue weighted by Gasteiger charge is -2.07. The van der Waals surface area contributed by atoms with Gasteiger partial charge in [-0.3, -0.25) is 14.9 Å². The molecule has 1 N–H and O–H groups in total. The van der Waals surface area contributed by atoms with Crippen LogP contribution in [0.5, 0.6) is 5.75 Å². The van der Waals surface area contributed by atoms with Gasteiger partial charge in [-0.2, -0.15) is 0 Å². The molecule has 2 aromatic carbocycles. The van der Waals surface area contributed by atoms with Crippen molar-refractivity contribution in [3.05, 3.63) is 63.7 Å². The summed E-state index contributed by atoms with van der Waals surface area (Å²) in [5, 5.41) is 13.6. The van der Waals surface area contributed by atoms with Crippen molar-refractivity contribution < 1.29 is 14.5 Å². The minimum Gasteiger partial charge on any atom is -0.497 e. The van der Waals surface area contributed by atoms with Gasteiger partial charge in [0.1, 0.15) is 5.75 Å². The van der Waals surface area contributed by atoms with Crippen LogP contribution in [0.1, 0.15) is 15.9 Å². The van der Waals surface area contributed by atoms with Crippen LogP contribution >= 0.6 is 0 Å². The molecule has 0 spiro atoms. The number of carbonyl (C=O) groups is 1. The van der Waals surface area contributed by atoms with Crippen molar-refractivity contribution in [1.82, 2.24) is 0 Å². The molecule has 0 aliphatic heterocycles. The Labute approximate surface area is 121 Å². The van der Waals surface area contributed by atoms with Gasteiger partial charge in [-0.05, 0) is 37.3 Å². The fourth-order valence-electron chi connectivity index (χ4n) is 1.82. The number of ether oxygens (including phenoxy) is 1. The molecule has 0 aliphatic rings. The van der Waals surface area contributed by atoms with Crippen molar-refractivity contribution >= 4 is 17.3 Å². The molecule has 6 heteroatoms. The number of nitro groups is 1. The van der Waals surface area contributed by atoms with Crippen LogP contribution in [0.25, 0.3) is 0 Å². The average molecular weight is 286 g/mol. The maximum Gasteiger partial charge on any atom is 0.273 e.